The minimum atomic E-state index is -3.66. The van der Waals surface area contributed by atoms with Gasteiger partial charge in [0.15, 0.2) is 0 Å². The smallest absolute Gasteiger partial charge is 0.325 e. The molecule has 7 nitrogen and oxygen atoms in total. The molecule has 1 aliphatic heterocycles. The summed E-state index contributed by atoms with van der Waals surface area (Å²) in [6.45, 7) is 3.20. The number of hydrogen-bond donors (Lipinski definition) is 2. The third kappa shape index (κ3) is 3.78. The van der Waals surface area contributed by atoms with Crippen LogP contribution in [0.5, 0.6) is 0 Å². The number of carboxylic acids is 1. The first-order chi connectivity index (χ1) is 9.81. The summed E-state index contributed by atoms with van der Waals surface area (Å²) in [7, 11) is -3.66. The van der Waals surface area contributed by atoms with Gasteiger partial charge in [0, 0.05) is 11.8 Å². The lowest BCUT2D eigenvalue weighted by atomic mass is 10.2. The molecular weight excluding hydrogens is 314 g/mol. The lowest BCUT2D eigenvalue weighted by molar-refractivity contribution is -0.137. The summed E-state index contributed by atoms with van der Waals surface area (Å²) in [6.07, 6.45) is 2.13. The number of nitrogens with zero attached hydrogens (tertiary/aromatic N) is 2. The molecule has 118 valence electrons. The first kappa shape index (κ1) is 16.3. The number of aryl methyl sites for hydroxylation is 1. The van der Waals surface area contributed by atoms with Crippen molar-refractivity contribution in [2.75, 3.05) is 12.3 Å². The highest BCUT2D eigenvalue weighted by Crippen LogP contribution is 2.26. The number of aromatic nitrogens is 2. The van der Waals surface area contributed by atoms with Gasteiger partial charge in [0.1, 0.15) is 11.4 Å². The van der Waals surface area contributed by atoms with E-state index >= 15 is 0 Å². The van der Waals surface area contributed by atoms with Crippen LogP contribution in [0.25, 0.3) is 0 Å². The van der Waals surface area contributed by atoms with Crippen molar-refractivity contribution in [3.8, 4) is 0 Å². The quantitative estimate of drug-likeness (QED) is 0.797. The number of carbonyl (C=O) groups is 1. The predicted molar refractivity (Wildman–Crippen MR) is 80.0 cm³/mol. The number of rotatable bonds is 6. The third-order valence-electron chi connectivity index (χ3n) is 3.39. The van der Waals surface area contributed by atoms with Crippen LogP contribution >= 0.6 is 11.8 Å². The van der Waals surface area contributed by atoms with Crippen LogP contribution in [0.1, 0.15) is 24.2 Å². The molecule has 1 aliphatic rings. The van der Waals surface area contributed by atoms with Crippen LogP contribution in [-0.2, 0) is 21.4 Å². The van der Waals surface area contributed by atoms with E-state index in [0.29, 0.717) is 23.2 Å². The number of thioether (sulfide) groups is 1. The first-order valence-electron chi connectivity index (χ1n) is 6.68. The number of carboxylic acid groups (broad SMARTS) is 1. The molecule has 1 fully saturated rings. The summed E-state index contributed by atoms with van der Waals surface area (Å²) in [4.78, 5) is 10.9. The molecule has 0 saturated carbocycles. The lowest BCUT2D eigenvalue weighted by Crippen LogP contribution is -2.30. The number of nitrogens with one attached hydrogen (secondary N) is 1. The van der Waals surface area contributed by atoms with Crippen LogP contribution in [0.3, 0.4) is 0 Å². The van der Waals surface area contributed by atoms with Gasteiger partial charge in [-0.1, -0.05) is 0 Å². The Hall–Kier alpha value is -1.06. The van der Waals surface area contributed by atoms with Crippen LogP contribution in [-0.4, -0.2) is 46.8 Å². The van der Waals surface area contributed by atoms with Crippen molar-refractivity contribution in [3.05, 3.63) is 11.4 Å². The molecule has 0 bridgehead atoms. The molecule has 1 aromatic rings. The summed E-state index contributed by atoms with van der Waals surface area (Å²) in [5.74, 6) is 0.0147. The molecule has 21 heavy (non-hydrogen) atoms. The van der Waals surface area contributed by atoms with E-state index in [0.717, 1.165) is 18.6 Å². The van der Waals surface area contributed by atoms with E-state index in [1.54, 1.807) is 25.6 Å². The van der Waals surface area contributed by atoms with E-state index < -0.39 is 16.0 Å². The van der Waals surface area contributed by atoms with Crippen molar-refractivity contribution in [3.63, 3.8) is 0 Å². The molecule has 1 aromatic heterocycles. The fraction of sp³-hybridized carbons (Fsp3) is 0.667. The maximum Gasteiger partial charge on any atom is 0.325 e. The summed E-state index contributed by atoms with van der Waals surface area (Å²) >= 11 is 1.77. The third-order valence-corrected chi connectivity index (χ3v) is 6.47. The second kappa shape index (κ2) is 6.37. The van der Waals surface area contributed by atoms with Gasteiger partial charge in [0.2, 0.25) is 10.0 Å². The van der Waals surface area contributed by atoms with Gasteiger partial charge in [-0.2, -0.15) is 16.9 Å². The van der Waals surface area contributed by atoms with Crippen molar-refractivity contribution in [1.29, 1.82) is 0 Å². The monoisotopic (exact) mass is 333 g/mol. The van der Waals surface area contributed by atoms with Crippen molar-refractivity contribution < 1.29 is 18.3 Å². The normalized spacial score (nSPS) is 19.0. The molecule has 0 radical (unpaired) electrons. The molecule has 0 amide bonds. The van der Waals surface area contributed by atoms with Gasteiger partial charge in [-0.05, 0) is 32.4 Å². The fourth-order valence-corrected chi connectivity index (χ4v) is 5.23. The molecular formula is C12H19N3O4S2. The number of hydrogen-bond acceptors (Lipinski definition) is 5. The Balaban J connectivity index is 2.18. The van der Waals surface area contributed by atoms with Crippen molar-refractivity contribution in [2.45, 2.75) is 43.4 Å². The molecule has 0 aliphatic carbocycles. The van der Waals surface area contributed by atoms with Gasteiger partial charge in [-0.25, -0.2) is 13.1 Å². The molecule has 1 atom stereocenters. The van der Waals surface area contributed by atoms with Crippen molar-refractivity contribution in [2.24, 2.45) is 0 Å². The Bertz CT molecular complexity index is 633. The summed E-state index contributed by atoms with van der Waals surface area (Å²) in [5, 5.41) is 13.1. The number of sulfonamides is 1. The Kier molecular flexibility index (Phi) is 4.95. The topological polar surface area (TPSA) is 101 Å². The van der Waals surface area contributed by atoms with E-state index in [2.05, 4.69) is 9.82 Å². The largest absolute Gasteiger partial charge is 0.480 e. The molecule has 1 unspecified atom stereocenters. The highest BCUT2D eigenvalue weighted by molar-refractivity contribution is 8.00. The Morgan fingerprint density at radius 1 is 1.52 bits per heavy atom. The molecule has 0 aromatic carbocycles. The van der Waals surface area contributed by atoms with Gasteiger partial charge >= 0.3 is 5.97 Å². The van der Waals surface area contributed by atoms with Crippen LogP contribution < -0.4 is 4.72 Å². The average molecular weight is 333 g/mol. The van der Waals surface area contributed by atoms with Crippen LogP contribution in [0.2, 0.25) is 0 Å². The van der Waals surface area contributed by atoms with Gasteiger partial charge < -0.3 is 5.11 Å². The van der Waals surface area contributed by atoms with E-state index in [1.807, 2.05) is 0 Å². The minimum absolute atomic E-state index is 0.0896. The highest BCUT2D eigenvalue weighted by atomic mass is 32.2. The lowest BCUT2D eigenvalue weighted by Gasteiger charge is -2.11. The Labute approximate surface area is 128 Å². The van der Waals surface area contributed by atoms with Gasteiger partial charge in [0.25, 0.3) is 0 Å². The first-order valence-corrected chi connectivity index (χ1v) is 9.21. The van der Waals surface area contributed by atoms with Gasteiger partial charge in [-0.15, -0.1) is 0 Å². The zero-order valence-corrected chi connectivity index (χ0v) is 13.6. The maximum atomic E-state index is 12.4. The molecule has 2 heterocycles. The SMILES string of the molecule is Cc1nn(CC(=O)O)c(C)c1S(=O)(=O)NCC1CCCS1. The van der Waals surface area contributed by atoms with Gasteiger partial charge in [0.05, 0.1) is 11.4 Å². The van der Waals surface area contributed by atoms with Gasteiger partial charge in [-0.3, -0.25) is 9.48 Å². The second-order valence-electron chi connectivity index (χ2n) is 5.04. The van der Waals surface area contributed by atoms with E-state index in [9.17, 15) is 13.2 Å². The second-order valence-corrected chi connectivity index (χ2v) is 8.15. The van der Waals surface area contributed by atoms with E-state index in [1.165, 1.54) is 4.68 Å². The van der Waals surface area contributed by atoms with Crippen molar-refractivity contribution in [1.82, 2.24) is 14.5 Å². The van der Waals surface area contributed by atoms with Crippen LogP contribution in [0, 0.1) is 13.8 Å². The predicted octanol–water partition coefficient (Wildman–Crippen LogP) is 0.758. The van der Waals surface area contributed by atoms with E-state index in [-0.39, 0.29) is 11.4 Å². The molecule has 0 spiro atoms. The molecule has 9 heteroatoms. The van der Waals surface area contributed by atoms with Crippen molar-refractivity contribution >= 4 is 27.8 Å². The standard InChI is InChI=1S/C12H19N3O4S2/c1-8-12(9(2)15(14-8)7-11(16)17)21(18,19)13-6-10-4-3-5-20-10/h10,13H,3-7H2,1-2H3,(H,16,17). The fourth-order valence-electron chi connectivity index (χ4n) is 2.43. The summed E-state index contributed by atoms with van der Waals surface area (Å²) in [6, 6.07) is 0. The maximum absolute atomic E-state index is 12.4. The molecule has 2 rings (SSSR count). The van der Waals surface area contributed by atoms with E-state index in [4.69, 9.17) is 5.11 Å². The zero-order chi connectivity index (χ0) is 15.6. The number of aliphatic carboxylic acids is 1. The Morgan fingerprint density at radius 3 is 2.81 bits per heavy atom. The van der Waals surface area contributed by atoms with Crippen LogP contribution in [0.15, 0.2) is 4.90 Å². The molecule has 2 N–H and O–H groups in total. The average Bonchev–Trinajstić information content (AvgIpc) is 2.96. The zero-order valence-electron chi connectivity index (χ0n) is 12.0. The Morgan fingerprint density at radius 2 is 2.24 bits per heavy atom. The minimum Gasteiger partial charge on any atom is -0.480 e. The van der Waals surface area contributed by atoms with Crippen LogP contribution in [0.4, 0.5) is 0 Å². The summed E-state index contributed by atoms with van der Waals surface area (Å²) in [5.41, 5.74) is 0.668. The highest BCUT2D eigenvalue weighted by Gasteiger charge is 2.26. The summed E-state index contributed by atoms with van der Waals surface area (Å²) < 4.78 is 28.6. The molecule has 1 saturated heterocycles.